The summed E-state index contributed by atoms with van der Waals surface area (Å²) < 4.78 is 25.9. The molecule has 0 aliphatic carbocycles. The van der Waals surface area contributed by atoms with E-state index < -0.39 is 10.0 Å². The van der Waals surface area contributed by atoms with Crippen molar-refractivity contribution >= 4 is 33.0 Å². The Labute approximate surface area is 106 Å². The van der Waals surface area contributed by atoms with Crippen molar-refractivity contribution in [2.75, 3.05) is 12.3 Å². The fraction of sp³-hybridized carbons (Fsp3) is 0.600. The molecule has 1 heterocycles. The molecule has 1 aromatic rings. The van der Waals surface area contributed by atoms with Gasteiger partial charge in [0.2, 0.25) is 10.0 Å². The van der Waals surface area contributed by atoms with Gasteiger partial charge in [-0.25, -0.2) is 8.42 Å². The van der Waals surface area contributed by atoms with Gasteiger partial charge < -0.3 is 0 Å². The molecule has 0 radical (unpaired) electrons. The maximum atomic E-state index is 11.9. The molecule has 0 amide bonds. The number of halogens is 1. The molecule has 0 spiro atoms. The van der Waals surface area contributed by atoms with Crippen molar-refractivity contribution in [3.8, 4) is 0 Å². The largest absolute Gasteiger partial charge is 0.214 e. The minimum atomic E-state index is -3.11. The highest BCUT2D eigenvalue weighted by Gasteiger charge is 2.19. The minimum Gasteiger partial charge on any atom is -0.212 e. The van der Waals surface area contributed by atoms with Gasteiger partial charge >= 0.3 is 0 Å². The fourth-order valence-corrected chi connectivity index (χ4v) is 4.09. The second kappa shape index (κ2) is 6.00. The summed E-state index contributed by atoms with van der Waals surface area (Å²) in [5, 5.41) is 0. The molecule has 0 N–H and O–H groups in total. The molecule has 6 heteroatoms. The molecule has 0 saturated carbocycles. The lowest BCUT2D eigenvalue weighted by Crippen LogP contribution is -2.31. The van der Waals surface area contributed by atoms with E-state index in [9.17, 15) is 8.42 Å². The van der Waals surface area contributed by atoms with Crippen LogP contribution in [0, 0.1) is 0 Å². The molecular weight excluding hydrogens is 266 g/mol. The highest BCUT2D eigenvalue weighted by Crippen LogP contribution is 2.23. The predicted octanol–water partition coefficient (Wildman–Crippen LogP) is 2.96. The summed E-state index contributed by atoms with van der Waals surface area (Å²) >= 11 is 7.24. The Morgan fingerprint density at radius 2 is 2.06 bits per heavy atom. The molecule has 3 nitrogen and oxygen atoms in total. The molecule has 92 valence electrons. The number of hydrogen-bond donors (Lipinski definition) is 0. The van der Waals surface area contributed by atoms with Gasteiger partial charge in [-0.3, -0.25) is 0 Å². The van der Waals surface area contributed by atoms with Crippen LogP contribution in [0.2, 0.25) is 4.34 Å². The average Bonchev–Trinajstić information content (AvgIpc) is 2.60. The lowest BCUT2D eigenvalue weighted by molar-refractivity contribution is 0.426. The highest BCUT2D eigenvalue weighted by atomic mass is 35.5. The molecule has 0 fully saturated rings. The first kappa shape index (κ1) is 14.0. The van der Waals surface area contributed by atoms with Gasteiger partial charge in [0.05, 0.1) is 10.1 Å². The van der Waals surface area contributed by atoms with E-state index >= 15 is 0 Å². The minimum absolute atomic E-state index is 0.208. The Morgan fingerprint density at radius 3 is 2.50 bits per heavy atom. The van der Waals surface area contributed by atoms with E-state index in [0.717, 1.165) is 4.88 Å². The molecule has 0 aliphatic rings. The van der Waals surface area contributed by atoms with Gasteiger partial charge in [0.1, 0.15) is 0 Å². The van der Waals surface area contributed by atoms with Gasteiger partial charge in [-0.05, 0) is 18.6 Å². The quantitative estimate of drug-likeness (QED) is 0.804. The molecule has 0 unspecified atom stereocenters. The van der Waals surface area contributed by atoms with Crippen LogP contribution < -0.4 is 0 Å². The zero-order chi connectivity index (χ0) is 12.2. The second-order valence-corrected chi connectivity index (χ2v) is 7.34. The number of nitrogens with zero attached hydrogens (tertiary/aromatic N) is 1. The molecule has 16 heavy (non-hydrogen) atoms. The van der Waals surface area contributed by atoms with Crippen molar-refractivity contribution in [1.82, 2.24) is 4.31 Å². The maximum absolute atomic E-state index is 11.9. The number of sulfonamides is 1. The van der Waals surface area contributed by atoms with Crippen molar-refractivity contribution in [3.63, 3.8) is 0 Å². The van der Waals surface area contributed by atoms with E-state index in [-0.39, 0.29) is 5.75 Å². The highest BCUT2D eigenvalue weighted by molar-refractivity contribution is 7.89. The third-order valence-electron chi connectivity index (χ3n) is 2.17. The summed E-state index contributed by atoms with van der Waals surface area (Å²) in [6.07, 6.45) is 0.643. The molecule has 0 aromatic carbocycles. The zero-order valence-electron chi connectivity index (χ0n) is 9.44. The maximum Gasteiger partial charge on any atom is 0.214 e. The third kappa shape index (κ3) is 3.73. The normalized spacial score (nSPS) is 12.2. The van der Waals surface area contributed by atoms with Gasteiger partial charge in [-0.15, -0.1) is 11.3 Å². The van der Waals surface area contributed by atoms with E-state index in [1.807, 2.05) is 19.9 Å². The Hall–Kier alpha value is -0.100. The number of hydrogen-bond acceptors (Lipinski definition) is 3. The lowest BCUT2D eigenvalue weighted by atomic mass is 10.4. The Bertz CT molecular complexity index is 428. The summed E-state index contributed by atoms with van der Waals surface area (Å²) in [6.45, 7) is 4.64. The Kier molecular flexibility index (Phi) is 5.24. The second-order valence-electron chi connectivity index (χ2n) is 3.45. The summed E-state index contributed by atoms with van der Waals surface area (Å²) in [5.41, 5.74) is 0. The van der Waals surface area contributed by atoms with E-state index in [1.165, 1.54) is 15.6 Å². The summed E-state index contributed by atoms with van der Waals surface area (Å²) in [5.74, 6) is 0.208. The van der Waals surface area contributed by atoms with Gasteiger partial charge in [-0.1, -0.05) is 25.4 Å². The number of rotatable bonds is 6. The van der Waals surface area contributed by atoms with Crippen molar-refractivity contribution < 1.29 is 8.42 Å². The Balaban J connectivity index is 2.76. The van der Waals surface area contributed by atoms with Crippen molar-refractivity contribution in [1.29, 1.82) is 0 Å². The van der Waals surface area contributed by atoms with Gasteiger partial charge in [0, 0.05) is 18.0 Å². The van der Waals surface area contributed by atoms with Crippen LogP contribution in [0.4, 0.5) is 0 Å². The average molecular weight is 282 g/mol. The van der Waals surface area contributed by atoms with Gasteiger partial charge in [-0.2, -0.15) is 4.31 Å². The van der Waals surface area contributed by atoms with Crippen LogP contribution in [0.1, 0.15) is 25.1 Å². The molecule has 1 rings (SSSR count). The first-order valence-electron chi connectivity index (χ1n) is 5.21. The van der Waals surface area contributed by atoms with Crippen molar-refractivity contribution in [2.45, 2.75) is 26.8 Å². The van der Waals surface area contributed by atoms with Crippen LogP contribution >= 0.6 is 22.9 Å². The summed E-state index contributed by atoms with van der Waals surface area (Å²) in [4.78, 5) is 0.978. The van der Waals surface area contributed by atoms with Gasteiger partial charge in [0.25, 0.3) is 0 Å². The van der Waals surface area contributed by atoms with Crippen LogP contribution in [-0.2, 0) is 16.6 Å². The van der Waals surface area contributed by atoms with Crippen LogP contribution in [0.5, 0.6) is 0 Å². The lowest BCUT2D eigenvalue weighted by Gasteiger charge is -2.19. The van der Waals surface area contributed by atoms with Crippen molar-refractivity contribution in [2.24, 2.45) is 0 Å². The summed E-state index contributed by atoms with van der Waals surface area (Å²) in [7, 11) is -3.11. The monoisotopic (exact) mass is 281 g/mol. The number of thiophene rings is 1. The van der Waals surface area contributed by atoms with E-state index in [0.29, 0.717) is 23.8 Å². The van der Waals surface area contributed by atoms with E-state index in [1.54, 1.807) is 6.07 Å². The molecular formula is C10H16ClNO2S2. The third-order valence-corrected chi connectivity index (χ3v) is 5.48. The molecule has 0 bridgehead atoms. The van der Waals surface area contributed by atoms with Crippen LogP contribution in [0.25, 0.3) is 0 Å². The summed E-state index contributed by atoms with van der Waals surface area (Å²) in [6, 6.07) is 3.67. The topological polar surface area (TPSA) is 37.4 Å². The van der Waals surface area contributed by atoms with Crippen LogP contribution in [0.3, 0.4) is 0 Å². The van der Waals surface area contributed by atoms with Crippen LogP contribution in [-0.4, -0.2) is 25.0 Å². The van der Waals surface area contributed by atoms with Crippen molar-refractivity contribution in [3.05, 3.63) is 21.3 Å². The standard InChI is InChI=1S/C10H16ClNO2S2/c1-3-7-16(13,14)12(4-2)8-9-5-6-10(11)15-9/h5-6H,3-4,7-8H2,1-2H3. The first-order chi connectivity index (χ1) is 7.49. The fourth-order valence-electron chi connectivity index (χ4n) is 1.40. The van der Waals surface area contributed by atoms with Crippen LogP contribution in [0.15, 0.2) is 12.1 Å². The predicted molar refractivity (Wildman–Crippen MR) is 69.5 cm³/mol. The smallest absolute Gasteiger partial charge is 0.212 e. The van der Waals surface area contributed by atoms with Gasteiger partial charge in [0.15, 0.2) is 0 Å². The zero-order valence-corrected chi connectivity index (χ0v) is 11.8. The first-order valence-corrected chi connectivity index (χ1v) is 8.02. The molecule has 0 saturated heterocycles. The van der Waals surface area contributed by atoms with E-state index in [4.69, 9.17) is 11.6 Å². The molecule has 1 aromatic heterocycles. The molecule has 0 aliphatic heterocycles. The SMILES string of the molecule is CCCS(=O)(=O)N(CC)Cc1ccc(Cl)s1. The Morgan fingerprint density at radius 1 is 1.38 bits per heavy atom. The van der Waals surface area contributed by atoms with E-state index in [2.05, 4.69) is 0 Å². The molecule has 0 atom stereocenters.